The molecule has 142 valence electrons. The molecule has 2 aromatic rings. The Labute approximate surface area is 157 Å². The highest BCUT2D eigenvalue weighted by molar-refractivity contribution is 5.94. The number of nitrogens with zero attached hydrogens (tertiary/aromatic N) is 2. The van der Waals surface area contributed by atoms with Crippen molar-refractivity contribution >= 4 is 11.9 Å². The van der Waals surface area contributed by atoms with E-state index in [0.29, 0.717) is 43.1 Å². The Morgan fingerprint density at radius 2 is 1.70 bits per heavy atom. The van der Waals surface area contributed by atoms with Crippen molar-refractivity contribution in [2.75, 3.05) is 33.3 Å². The number of methoxy groups -OCH3 is 1. The molecule has 0 aliphatic carbocycles. The largest absolute Gasteiger partial charge is 0.508 e. The van der Waals surface area contributed by atoms with E-state index in [1.807, 2.05) is 4.90 Å². The Kier molecular flexibility index (Phi) is 5.61. The standard InChI is InChI=1S/C20H22N2O5/c1-27-17-7-5-14(6-8-17)19(24)22-11-9-21(10-12-22)18(20(25)26)15-3-2-4-16(23)13-15/h2-8,13,18,23H,9-12H2,1H3,(H,25,26)/t18-/m0/s1. The van der Waals surface area contributed by atoms with Gasteiger partial charge in [0.2, 0.25) is 0 Å². The molecule has 1 atom stereocenters. The number of ether oxygens (including phenoxy) is 1. The maximum Gasteiger partial charge on any atom is 0.325 e. The Morgan fingerprint density at radius 1 is 1.04 bits per heavy atom. The fourth-order valence-electron chi connectivity index (χ4n) is 3.30. The van der Waals surface area contributed by atoms with Crippen molar-refractivity contribution in [1.29, 1.82) is 0 Å². The highest BCUT2D eigenvalue weighted by Crippen LogP contribution is 2.26. The van der Waals surface area contributed by atoms with Crippen molar-refractivity contribution < 1.29 is 24.5 Å². The van der Waals surface area contributed by atoms with Crippen LogP contribution in [0.1, 0.15) is 22.0 Å². The molecule has 1 amide bonds. The summed E-state index contributed by atoms with van der Waals surface area (Å²) in [5.41, 5.74) is 1.10. The van der Waals surface area contributed by atoms with Crippen molar-refractivity contribution in [3.8, 4) is 11.5 Å². The SMILES string of the molecule is COc1ccc(C(=O)N2CCN([C@H](C(=O)O)c3cccc(O)c3)CC2)cc1. The maximum absolute atomic E-state index is 12.6. The second-order valence-corrected chi connectivity index (χ2v) is 6.39. The van der Waals surface area contributed by atoms with Gasteiger partial charge in [-0.15, -0.1) is 0 Å². The lowest BCUT2D eigenvalue weighted by atomic mass is 10.0. The number of carboxylic acid groups (broad SMARTS) is 1. The third-order valence-electron chi connectivity index (χ3n) is 4.72. The first-order valence-corrected chi connectivity index (χ1v) is 8.68. The van der Waals surface area contributed by atoms with E-state index in [1.54, 1.807) is 48.4 Å². The first-order valence-electron chi connectivity index (χ1n) is 8.68. The molecule has 0 aromatic heterocycles. The van der Waals surface area contributed by atoms with E-state index < -0.39 is 12.0 Å². The van der Waals surface area contributed by atoms with Crippen LogP contribution in [0.15, 0.2) is 48.5 Å². The monoisotopic (exact) mass is 370 g/mol. The van der Waals surface area contributed by atoms with Crippen LogP contribution >= 0.6 is 0 Å². The predicted octanol–water partition coefficient (Wildman–Crippen LogP) is 1.98. The van der Waals surface area contributed by atoms with Gasteiger partial charge in [-0.25, -0.2) is 0 Å². The first kappa shape index (κ1) is 18.7. The number of carbonyl (C=O) groups excluding carboxylic acids is 1. The van der Waals surface area contributed by atoms with E-state index in [9.17, 15) is 19.8 Å². The fraction of sp³-hybridized carbons (Fsp3) is 0.300. The molecule has 1 heterocycles. The van der Waals surface area contributed by atoms with Gasteiger partial charge in [-0.3, -0.25) is 14.5 Å². The summed E-state index contributed by atoms with van der Waals surface area (Å²) in [7, 11) is 1.57. The summed E-state index contributed by atoms with van der Waals surface area (Å²) in [6, 6.07) is 12.4. The predicted molar refractivity (Wildman–Crippen MR) is 99.0 cm³/mol. The van der Waals surface area contributed by atoms with Crippen LogP contribution in [0.4, 0.5) is 0 Å². The number of benzene rings is 2. The molecule has 7 nitrogen and oxygen atoms in total. The van der Waals surface area contributed by atoms with Gasteiger partial charge in [0.05, 0.1) is 7.11 Å². The lowest BCUT2D eigenvalue weighted by molar-refractivity contribution is -0.144. The third-order valence-corrected chi connectivity index (χ3v) is 4.72. The molecule has 1 saturated heterocycles. The second kappa shape index (κ2) is 8.09. The Balaban J connectivity index is 1.67. The van der Waals surface area contributed by atoms with E-state index in [0.717, 1.165) is 0 Å². The van der Waals surface area contributed by atoms with Crippen LogP contribution in [0.3, 0.4) is 0 Å². The maximum atomic E-state index is 12.6. The number of hydrogen-bond donors (Lipinski definition) is 2. The van der Waals surface area contributed by atoms with Crippen LogP contribution in [-0.2, 0) is 4.79 Å². The van der Waals surface area contributed by atoms with Crippen molar-refractivity contribution in [3.05, 3.63) is 59.7 Å². The molecule has 0 saturated carbocycles. The van der Waals surface area contributed by atoms with Gasteiger partial charge in [0, 0.05) is 31.7 Å². The van der Waals surface area contributed by atoms with Crippen LogP contribution in [0, 0.1) is 0 Å². The molecule has 3 rings (SSSR count). The van der Waals surface area contributed by atoms with Crippen LogP contribution < -0.4 is 4.74 Å². The zero-order chi connectivity index (χ0) is 19.4. The third kappa shape index (κ3) is 4.20. The van der Waals surface area contributed by atoms with Crippen molar-refractivity contribution in [3.63, 3.8) is 0 Å². The van der Waals surface area contributed by atoms with Crippen molar-refractivity contribution in [2.24, 2.45) is 0 Å². The molecule has 1 aliphatic heterocycles. The lowest BCUT2D eigenvalue weighted by Gasteiger charge is -2.37. The molecule has 1 aliphatic rings. The smallest absolute Gasteiger partial charge is 0.325 e. The van der Waals surface area contributed by atoms with E-state index in [-0.39, 0.29) is 11.7 Å². The van der Waals surface area contributed by atoms with Crippen LogP contribution in [0.5, 0.6) is 11.5 Å². The summed E-state index contributed by atoms with van der Waals surface area (Å²) in [6.07, 6.45) is 0. The van der Waals surface area contributed by atoms with E-state index in [1.165, 1.54) is 12.1 Å². The Bertz CT molecular complexity index is 813. The zero-order valence-corrected chi connectivity index (χ0v) is 15.0. The average Bonchev–Trinajstić information content (AvgIpc) is 2.68. The van der Waals surface area contributed by atoms with Gasteiger partial charge in [0.1, 0.15) is 17.5 Å². The van der Waals surface area contributed by atoms with Crippen molar-refractivity contribution in [2.45, 2.75) is 6.04 Å². The summed E-state index contributed by atoms with van der Waals surface area (Å²) in [5, 5.41) is 19.3. The molecular formula is C20H22N2O5. The van der Waals surface area contributed by atoms with E-state index in [2.05, 4.69) is 0 Å². The number of phenols is 1. The van der Waals surface area contributed by atoms with Gasteiger partial charge in [-0.2, -0.15) is 0 Å². The highest BCUT2D eigenvalue weighted by Gasteiger charge is 2.31. The summed E-state index contributed by atoms with van der Waals surface area (Å²) in [4.78, 5) is 28.0. The van der Waals surface area contributed by atoms with E-state index >= 15 is 0 Å². The molecular weight excluding hydrogens is 348 g/mol. The number of rotatable bonds is 5. The van der Waals surface area contributed by atoms with Gasteiger partial charge < -0.3 is 19.8 Å². The van der Waals surface area contributed by atoms with Crippen LogP contribution in [-0.4, -0.2) is 65.2 Å². The van der Waals surface area contributed by atoms with Crippen LogP contribution in [0.2, 0.25) is 0 Å². The quantitative estimate of drug-likeness (QED) is 0.837. The first-order chi connectivity index (χ1) is 13.0. The number of carbonyl (C=O) groups is 2. The number of phenolic OH excluding ortho intramolecular Hbond substituents is 1. The minimum Gasteiger partial charge on any atom is -0.508 e. The van der Waals surface area contributed by atoms with Gasteiger partial charge in [0.15, 0.2) is 0 Å². The molecule has 1 fully saturated rings. The molecule has 27 heavy (non-hydrogen) atoms. The zero-order valence-electron chi connectivity index (χ0n) is 15.0. The number of piperazine rings is 1. The number of amides is 1. The molecule has 0 radical (unpaired) electrons. The van der Waals surface area contributed by atoms with Gasteiger partial charge in [0.25, 0.3) is 5.91 Å². The second-order valence-electron chi connectivity index (χ2n) is 6.39. The number of aromatic hydroxyl groups is 1. The molecule has 0 spiro atoms. The lowest BCUT2D eigenvalue weighted by Crippen LogP contribution is -2.51. The number of hydrogen-bond acceptors (Lipinski definition) is 5. The molecule has 0 unspecified atom stereocenters. The number of carboxylic acids is 1. The molecule has 0 bridgehead atoms. The highest BCUT2D eigenvalue weighted by atomic mass is 16.5. The van der Waals surface area contributed by atoms with Gasteiger partial charge in [-0.1, -0.05) is 12.1 Å². The van der Waals surface area contributed by atoms with Crippen molar-refractivity contribution in [1.82, 2.24) is 9.80 Å². The molecule has 7 heteroatoms. The Hall–Kier alpha value is -3.06. The topological polar surface area (TPSA) is 90.3 Å². The van der Waals surface area contributed by atoms with E-state index in [4.69, 9.17) is 4.74 Å². The summed E-state index contributed by atoms with van der Waals surface area (Å²) in [5.74, 6) is -0.337. The fourth-order valence-corrected chi connectivity index (χ4v) is 3.30. The van der Waals surface area contributed by atoms with Crippen LogP contribution in [0.25, 0.3) is 0 Å². The van der Waals surface area contributed by atoms with Gasteiger partial charge in [-0.05, 0) is 42.0 Å². The normalized spacial score (nSPS) is 16.0. The molecule has 2 N–H and O–H groups in total. The summed E-state index contributed by atoms with van der Waals surface area (Å²) >= 11 is 0. The average molecular weight is 370 g/mol. The summed E-state index contributed by atoms with van der Waals surface area (Å²) < 4.78 is 5.10. The Morgan fingerprint density at radius 3 is 2.26 bits per heavy atom. The molecule has 2 aromatic carbocycles. The minimum atomic E-state index is -0.976. The van der Waals surface area contributed by atoms with Gasteiger partial charge >= 0.3 is 5.97 Å². The minimum absolute atomic E-state index is 0.0343. The summed E-state index contributed by atoms with van der Waals surface area (Å²) in [6.45, 7) is 1.75. The number of aliphatic carboxylic acids is 1.